The van der Waals surface area contributed by atoms with Gasteiger partial charge in [-0.2, -0.15) is 0 Å². The van der Waals surface area contributed by atoms with E-state index >= 15 is 0 Å². The quantitative estimate of drug-likeness (QED) is 0.426. The second kappa shape index (κ2) is 7.77. The highest BCUT2D eigenvalue weighted by Gasteiger charge is 2.37. The molecule has 0 heterocycles. The molecule has 0 aliphatic rings. The van der Waals surface area contributed by atoms with Crippen molar-refractivity contribution in [1.29, 1.82) is 0 Å². The standard InChI is InChI=1S/C16H31ClO2Si3/c1-20(2,3)18-22(6,7)19-21(4,5)13-12-15-8-10-16(14-17)11-9-15/h8-11H,12-14H2,1-7H3. The fraction of sp³-hybridized carbons (Fsp3) is 0.625. The molecular formula is C16H31ClO2Si3. The van der Waals surface area contributed by atoms with E-state index in [9.17, 15) is 0 Å². The SMILES string of the molecule is C[Si](C)(C)O[Si](C)(C)O[Si](C)(C)CCc1ccc(CCl)cc1. The lowest BCUT2D eigenvalue weighted by Gasteiger charge is -2.37. The van der Waals surface area contributed by atoms with Crippen LogP contribution in [0.1, 0.15) is 11.1 Å². The van der Waals surface area contributed by atoms with Gasteiger partial charge in [-0.15, -0.1) is 11.6 Å². The summed E-state index contributed by atoms with van der Waals surface area (Å²) in [6.45, 7) is 15.7. The number of rotatable bonds is 8. The Morgan fingerprint density at radius 2 is 1.32 bits per heavy atom. The highest BCUT2D eigenvalue weighted by Crippen LogP contribution is 2.24. The van der Waals surface area contributed by atoms with Crippen LogP contribution in [-0.2, 0) is 20.5 Å². The third-order valence-corrected chi connectivity index (χ3v) is 13.6. The van der Waals surface area contributed by atoms with E-state index in [4.69, 9.17) is 19.8 Å². The van der Waals surface area contributed by atoms with Gasteiger partial charge >= 0.3 is 8.56 Å². The van der Waals surface area contributed by atoms with Gasteiger partial charge in [0.05, 0.1) is 0 Å². The van der Waals surface area contributed by atoms with Crippen molar-refractivity contribution in [2.75, 3.05) is 0 Å². The van der Waals surface area contributed by atoms with Crippen LogP contribution in [0.3, 0.4) is 0 Å². The third kappa shape index (κ3) is 8.08. The molecule has 126 valence electrons. The molecule has 0 spiro atoms. The lowest BCUT2D eigenvalue weighted by Crippen LogP contribution is -2.51. The Morgan fingerprint density at radius 1 is 0.818 bits per heavy atom. The maximum absolute atomic E-state index is 6.54. The van der Waals surface area contributed by atoms with Crippen LogP contribution in [0.2, 0.25) is 51.9 Å². The van der Waals surface area contributed by atoms with Gasteiger partial charge in [0.25, 0.3) is 0 Å². The number of alkyl halides is 1. The summed E-state index contributed by atoms with van der Waals surface area (Å²) in [6, 6.07) is 9.72. The molecule has 2 nitrogen and oxygen atoms in total. The average molecular weight is 375 g/mol. The minimum atomic E-state index is -2.02. The van der Waals surface area contributed by atoms with Gasteiger partial charge in [0.2, 0.25) is 0 Å². The maximum atomic E-state index is 6.54. The minimum absolute atomic E-state index is 0.581. The molecule has 22 heavy (non-hydrogen) atoms. The van der Waals surface area contributed by atoms with Crippen LogP contribution < -0.4 is 0 Å². The Labute approximate surface area is 144 Å². The summed E-state index contributed by atoms with van der Waals surface area (Å²) >= 11 is 5.84. The highest BCUT2D eigenvalue weighted by atomic mass is 35.5. The van der Waals surface area contributed by atoms with Crippen LogP contribution in [-0.4, -0.2) is 25.2 Å². The summed E-state index contributed by atoms with van der Waals surface area (Å²) in [6.07, 6.45) is 1.07. The van der Waals surface area contributed by atoms with E-state index < -0.39 is 25.2 Å². The van der Waals surface area contributed by atoms with Crippen molar-refractivity contribution in [2.45, 2.75) is 64.2 Å². The van der Waals surface area contributed by atoms with Crippen molar-refractivity contribution in [2.24, 2.45) is 0 Å². The van der Waals surface area contributed by atoms with E-state index in [1.165, 1.54) is 11.1 Å². The minimum Gasteiger partial charge on any atom is -0.437 e. The van der Waals surface area contributed by atoms with Gasteiger partial charge in [-0.3, -0.25) is 0 Å². The second-order valence-electron chi connectivity index (χ2n) is 7.93. The molecule has 0 saturated carbocycles. The molecule has 0 N–H and O–H groups in total. The largest absolute Gasteiger partial charge is 0.437 e. The van der Waals surface area contributed by atoms with Gasteiger partial charge in [0.15, 0.2) is 16.6 Å². The normalized spacial score (nSPS) is 13.5. The zero-order chi connectivity index (χ0) is 17.0. The second-order valence-corrected chi connectivity index (χ2v) is 20.9. The molecule has 0 aliphatic carbocycles. The van der Waals surface area contributed by atoms with Crippen molar-refractivity contribution >= 4 is 36.8 Å². The van der Waals surface area contributed by atoms with Gasteiger partial charge in [-0.1, -0.05) is 24.3 Å². The maximum Gasteiger partial charge on any atom is 0.311 e. The number of hydrogen-bond acceptors (Lipinski definition) is 2. The van der Waals surface area contributed by atoms with Crippen LogP contribution >= 0.6 is 11.6 Å². The first-order valence-electron chi connectivity index (χ1n) is 7.97. The van der Waals surface area contributed by atoms with Crippen molar-refractivity contribution in [3.8, 4) is 0 Å². The van der Waals surface area contributed by atoms with Crippen molar-refractivity contribution in [3.63, 3.8) is 0 Å². The molecule has 0 bridgehead atoms. The van der Waals surface area contributed by atoms with Gasteiger partial charge in [-0.25, -0.2) is 0 Å². The lowest BCUT2D eigenvalue weighted by molar-refractivity contribution is 0.391. The predicted octanol–water partition coefficient (Wildman–Crippen LogP) is 5.74. The van der Waals surface area contributed by atoms with Crippen LogP contribution in [0, 0.1) is 0 Å². The van der Waals surface area contributed by atoms with Crippen molar-refractivity contribution in [1.82, 2.24) is 0 Å². The van der Waals surface area contributed by atoms with Gasteiger partial charge in [-0.05, 0) is 69.4 Å². The fourth-order valence-electron chi connectivity index (χ4n) is 2.72. The molecule has 1 rings (SSSR count). The summed E-state index contributed by atoms with van der Waals surface area (Å²) in [7, 11) is -5.27. The Bertz CT molecular complexity index is 467. The molecular weight excluding hydrogens is 344 g/mol. The average Bonchev–Trinajstić information content (AvgIpc) is 2.32. The summed E-state index contributed by atoms with van der Waals surface area (Å²) in [5.74, 6) is 0.581. The molecule has 0 fully saturated rings. The molecule has 0 radical (unpaired) electrons. The van der Waals surface area contributed by atoms with Gasteiger partial charge < -0.3 is 8.23 Å². The number of hydrogen-bond donors (Lipinski definition) is 0. The van der Waals surface area contributed by atoms with Crippen LogP contribution in [0.4, 0.5) is 0 Å². The van der Waals surface area contributed by atoms with Crippen molar-refractivity contribution < 1.29 is 8.23 Å². The van der Waals surface area contributed by atoms with Gasteiger partial charge in [0.1, 0.15) is 0 Å². The van der Waals surface area contributed by atoms with Crippen molar-refractivity contribution in [3.05, 3.63) is 35.4 Å². The zero-order valence-corrected chi connectivity index (χ0v) is 18.9. The summed E-state index contributed by atoms with van der Waals surface area (Å²) in [4.78, 5) is 0. The molecule has 0 atom stereocenters. The molecule has 0 saturated heterocycles. The molecule has 1 aromatic carbocycles. The first-order valence-corrected chi connectivity index (χ1v) is 17.8. The van der Waals surface area contributed by atoms with E-state index in [0.29, 0.717) is 5.88 Å². The number of halogens is 1. The molecule has 0 aliphatic heterocycles. The van der Waals surface area contributed by atoms with E-state index in [-0.39, 0.29) is 0 Å². The van der Waals surface area contributed by atoms with Crippen LogP contribution in [0.25, 0.3) is 0 Å². The third-order valence-electron chi connectivity index (χ3n) is 3.27. The molecule has 6 heteroatoms. The van der Waals surface area contributed by atoms with E-state index in [1.54, 1.807) is 0 Å². The number of aryl methyl sites for hydroxylation is 1. The number of benzene rings is 1. The van der Waals surface area contributed by atoms with E-state index in [1.807, 2.05) is 0 Å². The van der Waals surface area contributed by atoms with E-state index in [0.717, 1.165) is 12.5 Å². The van der Waals surface area contributed by atoms with Crippen LogP contribution in [0.15, 0.2) is 24.3 Å². The van der Waals surface area contributed by atoms with Crippen LogP contribution in [0.5, 0.6) is 0 Å². The first kappa shape index (κ1) is 20.1. The Kier molecular flexibility index (Phi) is 7.11. The molecule has 0 amide bonds. The summed E-state index contributed by atoms with van der Waals surface area (Å²) in [5, 5.41) is 0. The summed E-state index contributed by atoms with van der Waals surface area (Å²) in [5.41, 5.74) is 2.54. The molecule has 1 aromatic rings. The Morgan fingerprint density at radius 3 is 1.77 bits per heavy atom. The van der Waals surface area contributed by atoms with Gasteiger partial charge in [0, 0.05) is 5.88 Å². The van der Waals surface area contributed by atoms with E-state index in [2.05, 4.69) is 70.1 Å². The topological polar surface area (TPSA) is 18.5 Å². The predicted molar refractivity (Wildman–Crippen MR) is 105 cm³/mol. The fourth-order valence-corrected chi connectivity index (χ4v) is 16.0. The smallest absolute Gasteiger partial charge is 0.311 e. The first-order chi connectivity index (χ1) is 9.92. The monoisotopic (exact) mass is 374 g/mol. The lowest BCUT2D eigenvalue weighted by atomic mass is 10.1. The Balaban J connectivity index is 2.58. The molecule has 0 aromatic heterocycles. The zero-order valence-electron chi connectivity index (χ0n) is 15.1. The summed E-state index contributed by atoms with van der Waals surface area (Å²) < 4.78 is 12.9. The molecule has 0 unspecified atom stereocenters. The Hall–Kier alpha value is 0.0806. The highest BCUT2D eigenvalue weighted by molar-refractivity contribution is 6.87.